The predicted molar refractivity (Wildman–Crippen MR) is 79.2 cm³/mol. The molecule has 0 saturated heterocycles. The lowest BCUT2D eigenvalue weighted by molar-refractivity contribution is 0.792. The van der Waals surface area contributed by atoms with Gasteiger partial charge in [-0.2, -0.15) is 0 Å². The van der Waals surface area contributed by atoms with Gasteiger partial charge in [-0.05, 0) is 37.7 Å². The smallest absolute Gasteiger partial charge is 0.138 e. The molecule has 0 radical (unpaired) electrons. The molecule has 0 aliphatic rings. The fraction of sp³-hybridized carbons (Fsp3) is 0.188. The molecule has 3 heteroatoms. The van der Waals surface area contributed by atoms with Crippen LogP contribution in [0.3, 0.4) is 0 Å². The van der Waals surface area contributed by atoms with Crippen LogP contribution in [0.4, 0.5) is 0 Å². The molecular formula is C16H17N3. The number of hydrogen-bond acceptors (Lipinski definition) is 2. The molecule has 19 heavy (non-hydrogen) atoms. The highest BCUT2D eigenvalue weighted by Gasteiger charge is 2.05. The Labute approximate surface area is 112 Å². The molecule has 0 aliphatic heterocycles. The Morgan fingerprint density at radius 2 is 1.95 bits per heavy atom. The summed E-state index contributed by atoms with van der Waals surface area (Å²) in [5.41, 5.74) is 4.57. The number of nitrogens with zero attached hydrogens (tertiary/aromatic N) is 1. The van der Waals surface area contributed by atoms with Crippen LogP contribution >= 0.6 is 0 Å². The summed E-state index contributed by atoms with van der Waals surface area (Å²) in [7, 11) is 1.97. The van der Waals surface area contributed by atoms with Crippen LogP contribution in [0, 0.1) is 0 Å². The van der Waals surface area contributed by atoms with Gasteiger partial charge in [0.2, 0.25) is 0 Å². The second kappa shape index (κ2) is 5.24. The standard InChI is InChI=1S/C16H17N3/c1-17-10-9-12-7-8-14-15(11-12)19-16(18-14)13-5-3-2-4-6-13/h2-8,11,17H,9-10H2,1H3,(H,18,19). The molecule has 3 aromatic rings. The Morgan fingerprint density at radius 3 is 2.74 bits per heavy atom. The summed E-state index contributed by atoms with van der Waals surface area (Å²) in [6.07, 6.45) is 1.03. The molecule has 0 unspecified atom stereocenters. The van der Waals surface area contributed by atoms with Crippen molar-refractivity contribution < 1.29 is 0 Å². The van der Waals surface area contributed by atoms with Crippen LogP contribution in [-0.4, -0.2) is 23.6 Å². The van der Waals surface area contributed by atoms with Gasteiger partial charge in [-0.1, -0.05) is 36.4 Å². The van der Waals surface area contributed by atoms with Gasteiger partial charge >= 0.3 is 0 Å². The van der Waals surface area contributed by atoms with E-state index >= 15 is 0 Å². The van der Waals surface area contributed by atoms with Crippen molar-refractivity contribution in [3.63, 3.8) is 0 Å². The SMILES string of the molecule is CNCCc1ccc2nc(-c3ccccc3)[nH]c2c1. The van der Waals surface area contributed by atoms with Crippen LogP contribution in [0.2, 0.25) is 0 Å². The van der Waals surface area contributed by atoms with Gasteiger partial charge in [0.05, 0.1) is 11.0 Å². The van der Waals surface area contributed by atoms with Crippen molar-refractivity contribution in [2.24, 2.45) is 0 Å². The van der Waals surface area contributed by atoms with Crippen LogP contribution in [0.15, 0.2) is 48.5 Å². The normalized spacial score (nSPS) is 11.0. The quantitative estimate of drug-likeness (QED) is 0.748. The predicted octanol–water partition coefficient (Wildman–Crippen LogP) is 2.99. The minimum atomic E-state index is 0.932. The maximum absolute atomic E-state index is 4.63. The number of aromatic amines is 1. The molecule has 0 amide bonds. The molecule has 2 N–H and O–H groups in total. The van der Waals surface area contributed by atoms with Gasteiger partial charge in [-0.15, -0.1) is 0 Å². The molecule has 0 bridgehead atoms. The first-order chi connectivity index (χ1) is 9.36. The molecule has 1 heterocycles. The van der Waals surface area contributed by atoms with E-state index < -0.39 is 0 Å². The summed E-state index contributed by atoms with van der Waals surface area (Å²) < 4.78 is 0. The summed E-state index contributed by atoms with van der Waals surface area (Å²) in [5, 5.41) is 3.17. The molecule has 0 saturated carbocycles. The third kappa shape index (κ3) is 2.51. The van der Waals surface area contributed by atoms with Crippen molar-refractivity contribution >= 4 is 11.0 Å². The number of imidazole rings is 1. The van der Waals surface area contributed by atoms with Crippen molar-refractivity contribution in [2.75, 3.05) is 13.6 Å². The van der Waals surface area contributed by atoms with Gasteiger partial charge in [0.15, 0.2) is 0 Å². The van der Waals surface area contributed by atoms with Gasteiger partial charge in [0.1, 0.15) is 5.82 Å². The second-order valence-corrected chi connectivity index (χ2v) is 4.66. The molecular weight excluding hydrogens is 234 g/mol. The fourth-order valence-electron chi connectivity index (χ4n) is 2.21. The first-order valence-corrected chi connectivity index (χ1v) is 6.55. The van der Waals surface area contributed by atoms with E-state index in [-0.39, 0.29) is 0 Å². The van der Waals surface area contributed by atoms with E-state index in [2.05, 4.69) is 45.6 Å². The molecule has 1 aromatic heterocycles. The van der Waals surface area contributed by atoms with E-state index in [9.17, 15) is 0 Å². The molecule has 96 valence electrons. The Hall–Kier alpha value is -2.13. The Bertz CT molecular complexity index is 671. The van der Waals surface area contributed by atoms with Crippen LogP contribution in [0.5, 0.6) is 0 Å². The zero-order chi connectivity index (χ0) is 13.1. The maximum Gasteiger partial charge on any atom is 0.138 e. The van der Waals surface area contributed by atoms with Crippen molar-refractivity contribution in [1.82, 2.24) is 15.3 Å². The molecule has 0 atom stereocenters. The van der Waals surface area contributed by atoms with Crippen molar-refractivity contribution in [1.29, 1.82) is 0 Å². The highest BCUT2D eigenvalue weighted by Crippen LogP contribution is 2.21. The molecule has 0 spiro atoms. The zero-order valence-corrected chi connectivity index (χ0v) is 11.0. The number of benzene rings is 2. The van der Waals surface area contributed by atoms with Gasteiger partial charge in [-0.25, -0.2) is 4.98 Å². The first-order valence-electron chi connectivity index (χ1n) is 6.55. The van der Waals surface area contributed by atoms with Crippen molar-refractivity contribution in [3.8, 4) is 11.4 Å². The van der Waals surface area contributed by atoms with Crippen molar-refractivity contribution in [2.45, 2.75) is 6.42 Å². The Morgan fingerprint density at radius 1 is 1.11 bits per heavy atom. The molecule has 3 nitrogen and oxygen atoms in total. The molecule has 3 rings (SSSR count). The Kier molecular flexibility index (Phi) is 3.29. The average molecular weight is 251 g/mol. The third-order valence-electron chi connectivity index (χ3n) is 3.26. The van der Waals surface area contributed by atoms with E-state index in [0.29, 0.717) is 0 Å². The third-order valence-corrected chi connectivity index (χ3v) is 3.26. The summed E-state index contributed by atoms with van der Waals surface area (Å²) in [5.74, 6) is 0.932. The lowest BCUT2D eigenvalue weighted by Gasteiger charge is -1.99. The van der Waals surface area contributed by atoms with E-state index in [1.165, 1.54) is 5.56 Å². The minimum absolute atomic E-state index is 0.932. The number of rotatable bonds is 4. The van der Waals surface area contributed by atoms with E-state index in [1.807, 2.05) is 25.2 Å². The van der Waals surface area contributed by atoms with Crippen molar-refractivity contribution in [3.05, 3.63) is 54.1 Å². The van der Waals surface area contributed by atoms with E-state index in [4.69, 9.17) is 0 Å². The van der Waals surface area contributed by atoms with E-state index in [1.54, 1.807) is 0 Å². The largest absolute Gasteiger partial charge is 0.338 e. The summed E-state index contributed by atoms with van der Waals surface area (Å²) in [4.78, 5) is 8.03. The van der Waals surface area contributed by atoms with E-state index in [0.717, 1.165) is 35.4 Å². The summed E-state index contributed by atoms with van der Waals surface area (Å²) in [6.45, 7) is 0.991. The average Bonchev–Trinajstić information content (AvgIpc) is 2.89. The van der Waals surface area contributed by atoms with Crippen LogP contribution in [-0.2, 0) is 6.42 Å². The zero-order valence-electron chi connectivity index (χ0n) is 11.0. The molecule has 0 fully saturated rings. The number of aromatic nitrogens is 2. The molecule has 0 aliphatic carbocycles. The summed E-state index contributed by atoms with van der Waals surface area (Å²) in [6, 6.07) is 16.6. The number of fused-ring (bicyclic) bond motifs is 1. The first kappa shape index (κ1) is 11.9. The number of H-pyrrole nitrogens is 1. The maximum atomic E-state index is 4.63. The lowest BCUT2D eigenvalue weighted by atomic mass is 10.1. The minimum Gasteiger partial charge on any atom is -0.338 e. The van der Waals surface area contributed by atoms with Gasteiger partial charge in [0, 0.05) is 5.56 Å². The van der Waals surface area contributed by atoms with Crippen LogP contribution in [0.1, 0.15) is 5.56 Å². The van der Waals surface area contributed by atoms with Gasteiger partial charge in [-0.3, -0.25) is 0 Å². The number of hydrogen-bond donors (Lipinski definition) is 2. The molecule has 2 aromatic carbocycles. The van der Waals surface area contributed by atoms with Crippen LogP contribution in [0.25, 0.3) is 22.4 Å². The summed E-state index contributed by atoms with van der Waals surface area (Å²) >= 11 is 0. The highest BCUT2D eigenvalue weighted by atomic mass is 14.9. The Balaban J connectivity index is 1.97. The highest BCUT2D eigenvalue weighted by molar-refractivity contribution is 5.80. The monoisotopic (exact) mass is 251 g/mol. The van der Waals surface area contributed by atoms with Gasteiger partial charge < -0.3 is 10.3 Å². The number of nitrogens with one attached hydrogen (secondary N) is 2. The lowest BCUT2D eigenvalue weighted by Crippen LogP contribution is -2.10. The van der Waals surface area contributed by atoms with Crippen LogP contribution < -0.4 is 5.32 Å². The number of likely N-dealkylation sites (N-methyl/N-ethyl adjacent to an activating group) is 1. The topological polar surface area (TPSA) is 40.7 Å². The van der Waals surface area contributed by atoms with Gasteiger partial charge in [0.25, 0.3) is 0 Å². The fourth-order valence-corrected chi connectivity index (χ4v) is 2.21. The second-order valence-electron chi connectivity index (χ2n) is 4.66.